The normalized spacial score (nSPS) is 12.4. The zero-order chi connectivity index (χ0) is 14.4. The molecule has 2 aromatic rings. The maximum atomic E-state index is 6.10. The molecular weight excluding hydrogens is 272 g/mol. The van der Waals surface area contributed by atoms with Gasteiger partial charge in [-0.3, -0.25) is 9.88 Å². The van der Waals surface area contributed by atoms with E-state index >= 15 is 0 Å². The van der Waals surface area contributed by atoms with Crippen LogP contribution < -0.4 is 4.74 Å². The summed E-state index contributed by atoms with van der Waals surface area (Å²) < 4.78 is 5.65. The van der Waals surface area contributed by atoms with Gasteiger partial charge in [0.25, 0.3) is 0 Å². The summed E-state index contributed by atoms with van der Waals surface area (Å²) in [6.45, 7) is 0.466. The number of hydrogen-bond donors (Lipinski definition) is 0. The van der Waals surface area contributed by atoms with Crippen LogP contribution in [-0.4, -0.2) is 36.1 Å². The van der Waals surface area contributed by atoms with E-state index in [0.29, 0.717) is 6.61 Å². The number of ether oxygens (including phenoxy) is 1. The second kappa shape index (κ2) is 7.27. The Morgan fingerprint density at radius 1 is 1.15 bits per heavy atom. The van der Waals surface area contributed by atoms with Crippen molar-refractivity contribution in [1.29, 1.82) is 0 Å². The molecule has 4 heteroatoms. The average Bonchev–Trinajstić information content (AvgIpc) is 2.47. The number of alkyl halides is 1. The number of hydrogen-bond acceptors (Lipinski definition) is 3. The standard InChI is InChI=1S/C16H19ClN2O/c1-19(2)16(17)12-20-15-8-6-13(7-9-15)11-14-5-3-4-10-18-14/h3-10,16H,11-12H2,1-2H3. The first kappa shape index (κ1) is 14.8. The molecule has 0 aliphatic carbocycles. The van der Waals surface area contributed by atoms with Gasteiger partial charge in [0.2, 0.25) is 0 Å². The van der Waals surface area contributed by atoms with Crippen molar-refractivity contribution in [2.45, 2.75) is 11.9 Å². The minimum absolute atomic E-state index is 0.122. The van der Waals surface area contributed by atoms with Crippen LogP contribution in [0.2, 0.25) is 0 Å². The third-order valence-electron chi connectivity index (χ3n) is 2.98. The van der Waals surface area contributed by atoms with Crippen LogP contribution in [0.15, 0.2) is 48.7 Å². The first-order chi connectivity index (χ1) is 9.65. The van der Waals surface area contributed by atoms with Crippen LogP contribution in [0.4, 0.5) is 0 Å². The maximum Gasteiger partial charge on any atom is 0.119 e. The van der Waals surface area contributed by atoms with E-state index in [0.717, 1.165) is 17.9 Å². The molecule has 106 valence electrons. The zero-order valence-corrected chi connectivity index (χ0v) is 12.5. The molecule has 0 amide bonds. The molecule has 1 aromatic heterocycles. The summed E-state index contributed by atoms with van der Waals surface area (Å²) in [5.74, 6) is 0.835. The van der Waals surface area contributed by atoms with Crippen molar-refractivity contribution in [3.05, 3.63) is 59.9 Å². The number of likely N-dealkylation sites (N-methyl/N-ethyl adjacent to an activating group) is 1. The lowest BCUT2D eigenvalue weighted by atomic mass is 10.1. The van der Waals surface area contributed by atoms with E-state index in [4.69, 9.17) is 16.3 Å². The Balaban J connectivity index is 1.90. The molecule has 0 radical (unpaired) electrons. The number of benzene rings is 1. The molecule has 1 heterocycles. The summed E-state index contributed by atoms with van der Waals surface area (Å²) in [4.78, 5) is 6.23. The van der Waals surface area contributed by atoms with Gasteiger partial charge >= 0.3 is 0 Å². The van der Waals surface area contributed by atoms with Crippen LogP contribution in [0.25, 0.3) is 0 Å². The summed E-state index contributed by atoms with van der Waals surface area (Å²) in [6, 6.07) is 14.0. The van der Waals surface area contributed by atoms with Crippen LogP contribution in [0, 0.1) is 0 Å². The van der Waals surface area contributed by atoms with E-state index in [2.05, 4.69) is 17.1 Å². The van der Waals surface area contributed by atoms with Crippen molar-refractivity contribution in [3.63, 3.8) is 0 Å². The van der Waals surface area contributed by atoms with Crippen LogP contribution >= 0.6 is 11.6 Å². The Labute approximate surface area is 125 Å². The summed E-state index contributed by atoms with van der Waals surface area (Å²) in [5.41, 5.74) is 2.16. The van der Waals surface area contributed by atoms with Gasteiger partial charge in [-0.25, -0.2) is 0 Å². The fraction of sp³-hybridized carbons (Fsp3) is 0.312. The zero-order valence-electron chi connectivity index (χ0n) is 11.8. The summed E-state index contributed by atoms with van der Waals surface area (Å²) in [6.07, 6.45) is 2.64. The SMILES string of the molecule is CN(C)C(Cl)COc1ccc(Cc2ccccn2)cc1. The maximum absolute atomic E-state index is 6.10. The van der Waals surface area contributed by atoms with Gasteiger partial charge in [-0.1, -0.05) is 18.2 Å². The highest BCUT2D eigenvalue weighted by Gasteiger charge is 2.07. The molecule has 3 nitrogen and oxygen atoms in total. The van der Waals surface area contributed by atoms with Crippen LogP contribution in [0.1, 0.15) is 11.3 Å². The van der Waals surface area contributed by atoms with Gasteiger partial charge in [-0.05, 0) is 43.9 Å². The largest absolute Gasteiger partial charge is 0.491 e. The topological polar surface area (TPSA) is 25.4 Å². The molecular formula is C16H19ClN2O. The van der Waals surface area contributed by atoms with Crippen LogP contribution in [-0.2, 0) is 6.42 Å². The van der Waals surface area contributed by atoms with Gasteiger partial charge in [0.1, 0.15) is 17.9 Å². The Morgan fingerprint density at radius 2 is 1.90 bits per heavy atom. The van der Waals surface area contributed by atoms with E-state index in [-0.39, 0.29) is 5.50 Å². The van der Waals surface area contributed by atoms with Crippen LogP contribution in [0.3, 0.4) is 0 Å². The van der Waals surface area contributed by atoms with Gasteiger partial charge in [0, 0.05) is 18.3 Å². The molecule has 0 aliphatic rings. The molecule has 20 heavy (non-hydrogen) atoms. The number of halogens is 1. The van der Waals surface area contributed by atoms with Gasteiger partial charge in [-0.2, -0.15) is 0 Å². The van der Waals surface area contributed by atoms with Crippen molar-refractivity contribution in [2.24, 2.45) is 0 Å². The lowest BCUT2D eigenvalue weighted by Crippen LogP contribution is -2.28. The Kier molecular flexibility index (Phi) is 5.39. The van der Waals surface area contributed by atoms with Gasteiger partial charge in [0.15, 0.2) is 0 Å². The molecule has 2 rings (SSSR count). The predicted octanol–water partition coefficient (Wildman–Crippen LogP) is 3.18. The Morgan fingerprint density at radius 3 is 2.50 bits per heavy atom. The minimum atomic E-state index is -0.122. The van der Waals surface area contributed by atoms with E-state index in [1.807, 2.05) is 55.5 Å². The fourth-order valence-corrected chi connectivity index (χ4v) is 1.79. The second-order valence-corrected chi connectivity index (χ2v) is 5.35. The molecule has 0 spiro atoms. The summed E-state index contributed by atoms with van der Waals surface area (Å²) in [5, 5.41) is 0. The molecule has 0 aliphatic heterocycles. The van der Waals surface area contributed by atoms with Crippen molar-refractivity contribution in [2.75, 3.05) is 20.7 Å². The predicted molar refractivity (Wildman–Crippen MR) is 82.3 cm³/mol. The molecule has 1 aromatic carbocycles. The highest BCUT2D eigenvalue weighted by molar-refractivity contribution is 6.20. The first-order valence-corrected chi connectivity index (χ1v) is 7.01. The van der Waals surface area contributed by atoms with E-state index in [1.165, 1.54) is 5.56 Å². The molecule has 1 unspecified atom stereocenters. The number of rotatable bonds is 6. The third-order valence-corrected chi connectivity index (χ3v) is 3.50. The molecule has 0 saturated carbocycles. The Bertz CT molecular complexity index is 514. The van der Waals surface area contributed by atoms with E-state index in [9.17, 15) is 0 Å². The molecule has 0 N–H and O–H groups in total. The lowest BCUT2D eigenvalue weighted by molar-refractivity contribution is 0.237. The second-order valence-electron chi connectivity index (χ2n) is 4.85. The number of aromatic nitrogens is 1. The van der Waals surface area contributed by atoms with Crippen molar-refractivity contribution in [3.8, 4) is 5.75 Å². The molecule has 0 bridgehead atoms. The Hall–Kier alpha value is -1.58. The molecule has 1 atom stereocenters. The lowest BCUT2D eigenvalue weighted by Gasteiger charge is -2.17. The van der Waals surface area contributed by atoms with Gasteiger partial charge in [-0.15, -0.1) is 11.6 Å². The minimum Gasteiger partial charge on any atom is -0.491 e. The highest BCUT2D eigenvalue weighted by Crippen LogP contribution is 2.15. The average molecular weight is 291 g/mol. The molecule has 0 fully saturated rings. The fourth-order valence-electron chi connectivity index (χ4n) is 1.73. The number of nitrogens with zero attached hydrogens (tertiary/aromatic N) is 2. The van der Waals surface area contributed by atoms with Crippen molar-refractivity contribution < 1.29 is 4.74 Å². The quantitative estimate of drug-likeness (QED) is 0.603. The monoisotopic (exact) mass is 290 g/mol. The van der Waals surface area contributed by atoms with Crippen LogP contribution in [0.5, 0.6) is 5.75 Å². The van der Waals surface area contributed by atoms with Crippen molar-refractivity contribution >= 4 is 11.6 Å². The number of pyridine rings is 1. The molecule has 0 saturated heterocycles. The van der Waals surface area contributed by atoms with E-state index in [1.54, 1.807) is 0 Å². The van der Waals surface area contributed by atoms with Crippen molar-refractivity contribution in [1.82, 2.24) is 9.88 Å². The van der Waals surface area contributed by atoms with E-state index < -0.39 is 0 Å². The third kappa shape index (κ3) is 4.51. The first-order valence-electron chi connectivity index (χ1n) is 6.57. The van der Waals surface area contributed by atoms with Gasteiger partial charge in [0.05, 0.1) is 0 Å². The smallest absolute Gasteiger partial charge is 0.119 e. The summed E-state index contributed by atoms with van der Waals surface area (Å²) >= 11 is 6.10. The van der Waals surface area contributed by atoms with Gasteiger partial charge < -0.3 is 4.74 Å². The highest BCUT2D eigenvalue weighted by atomic mass is 35.5. The summed E-state index contributed by atoms with van der Waals surface area (Å²) in [7, 11) is 3.86.